The highest BCUT2D eigenvalue weighted by Crippen LogP contribution is 2.06. The lowest BCUT2D eigenvalue weighted by Gasteiger charge is -2.02. The largest absolute Gasteiger partial charge is 0.467 e. The van der Waals surface area contributed by atoms with Gasteiger partial charge >= 0.3 is 6.01 Å². The van der Waals surface area contributed by atoms with E-state index in [9.17, 15) is 0 Å². The summed E-state index contributed by atoms with van der Waals surface area (Å²) in [5.41, 5.74) is 0. The molecule has 0 saturated heterocycles. The van der Waals surface area contributed by atoms with Crippen LogP contribution in [0.5, 0.6) is 6.01 Å². The lowest BCUT2D eigenvalue weighted by molar-refractivity contribution is 0.373. The fourth-order valence-corrected chi connectivity index (χ4v) is 1.25. The number of hydrogen-bond acceptors (Lipinski definition) is 4. The number of nitrogens with zero attached hydrogens (tertiary/aromatic N) is 3. The van der Waals surface area contributed by atoms with Gasteiger partial charge in [0, 0.05) is 6.42 Å². The Labute approximate surface area is 84.8 Å². The molecule has 0 saturated carbocycles. The molecule has 4 heteroatoms. The van der Waals surface area contributed by atoms with Gasteiger partial charge in [0.05, 0.1) is 7.11 Å². The molecule has 0 atom stereocenters. The predicted octanol–water partition coefficient (Wildman–Crippen LogP) is 1.92. The first-order valence-electron chi connectivity index (χ1n) is 5.01. The molecule has 1 aromatic rings. The number of hydrogen-bond donors (Lipinski definition) is 0. The molecule has 14 heavy (non-hydrogen) atoms. The molecule has 4 nitrogen and oxygen atoms in total. The molecule has 1 heterocycles. The van der Waals surface area contributed by atoms with E-state index in [1.54, 1.807) is 7.11 Å². The van der Waals surface area contributed by atoms with Crippen LogP contribution in [0.25, 0.3) is 0 Å². The van der Waals surface area contributed by atoms with E-state index in [0.29, 0.717) is 6.01 Å². The van der Waals surface area contributed by atoms with Gasteiger partial charge in [-0.3, -0.25) is 0 Å². The first-order valence-corrected chi connectivity index (χ1v) is 5.01. The fraction of sp³-hybridized carbons (Fsp3) is 0.700. The Hall–Kier alpha value is -1.19. The second kappa shape index (κ2) is 5.52. The Bertz CT molecular complexity index is 289. The van der Waals surface area contributed by atoms with Gasteiger partial charge in [-0.25, -0.2) is 4.98 Å². The minimum Gasteiger partial charge on any atom is -0.467 e. The molecule has 78 valence electrons. The van der Waals surface area contributed by atoms with Gasteiger partial charge in [-0.2, -0.15) is 9.97 Å². The van der Waals surface area contributed by atoms with Gasteiger partial charge in [-0.05, 0) is 13.3 Å². The highest BCUT2D eigenvalue weighted by Gasteiger charge is 2.02. The van der Waals surface area contributed by atoms with E-state index in [2.05, 4.69) is 21.9 Å². The summed E-state index contributed by atoms with van der Waals surface area (Å²) in [4.78, 5) is 12.5. The zero-order valence-electron chi connectivity index (χ0n) is 9.08. The predicted molar refractivity (Wildman–Crippen MR) is 54.3 cm³/mol. The molecule has 1 aromatic heterocycles. The molecule has 0 unspecified atom stereocenters. The number of aryl methyl sites for hydroxylation is 2. The second-order valence-electron chi connectivity index (χ2n) is 3.24. The van der Waals surface area contributed by atoms with E-state index in [0.717, 1.165) is 24.5 Å². The van der Waals surface area contributed by atoms with Crippen LogP contribution in [-0.2, 0) is 6.42 Å². The van der Waals surface area contributed by atoms with Crippen LogP contribution >= 0.6 is 0 Å². The molecule has 0 amide bonds. The van der Waals surface area contributed by atoms with Crippen LogP contribution < -0.4 is 4.74 Å². The van der Waals surface area contributed by atoms with Crippen LogP contribution in [0.4, 0.5) is 0 Å². The van der Waals surface area contributed by atoms with Crippen molar-refractivity contribution in [2.75, 3.05) is 7.11 Å². The zero-order chi connectivity index (χ0) is 10.4. The molecule has 0 spiro atoms. The van der Waals surface area contributed by atoms with Crippen LogP contribution in [0.1, 0.15) is 37.8 Å². The molecule has 0 N–H and O–H groups in total. The normalized spacial score (nSPS) is 10.2. The summed E-state index contributed by atoms with van der Waals surface area (Å²) in [5, 5.41) is 0. The van der Waals surface area contributed by atoms with Crippen molar-refractivity contribution in [1.29, 1.82) is 0 Å². The van der Waals surface area contributed by atoms with E-state index in [1.807, 2.05) is 6.92 Å². The summed E-state index contributed by atoms with van der Waals surface area (Å²) in [6, 6.07) is 0.420. The van der Waals surface area contributed by atoms with Gasteiger partial charge in [0.2, 0.25) is 0 Å². The minimum atomic E-state index is 0.420. The SMILES string of the molecule is CCCCCc1nc(C)nc(OC)n1. The van der Waals surface area contributed by atoms with Crippen LogP contribution in [0.2, 0.25) is 0 Å². The number of methoxy groups -OCH3 is 1. The van der Waals surface area contributed by atoms with Gasteiger partial charge in [-0.15, -0.1) is 0 Å². The average molecular weight is 195 g/mol. The van der Waals surface area contributed by atoms with Crippen molar-refractivity contribution in [1.82, 2.24) is 15.0 Å². The maximum atomic E-state index is 4.98. The van der Waals surface area contributed by atoms with E-state index in [1.165, 1.54) is 12.8 Å². The van der Waals surface area contributed by atoms with Crippen LogP contribution in [0.15, 0.2) is 0 Å². The quantitative estimate of drug-likeness (QED) is 0.673. The lowest BCUT2D eigenvalue weighted by atomic mass is 10.2. The van der Waals surface area contributed by atoms with Crippen molar-refractivity contribution in [3.8, 4) is 6.01 Å². The van der Waals surface area contributed by atoms with Gasteiger partial charge in [0.15, 0.2) is 0 Å². The third-order valence-corrected chi connectivity index (χ3v) is 1.96. The fourth-order valence-electron chi connectivity index (χ4n) is 1.25. The first kappa shape index (κ1) is 10.9. The third kappa shape index (κ3) is 3.28. The monoisotopic (exact) mass is 195 g/mol. The van der Waals surface area contributed by atoms with Crippen molar-refractivity contribution in [2.24, 2.45) is 0 Å². The Morgan fingerprint density at radius 1 is 1.14 bits per heavy atom. The van der Waals surface area contributed by atoms with Crippen LogP contribution in [0.3, 0.4) is 0 Å². The van der Waals surface area contributed by atoms with Crippen LogP contribution in [0, 0.1) is 6.92 Å². The lowest BCUT2D eigenvalue weighted by Crippen LogP contribution is -2.03. The molecule has 0 aliphatic rings. The summed E-state index contributed by atoms with van der Waals surface area (Å²) in [5.74, 6) is 1.56. The molecule has 0 aromatic carbocycles. The Morgan fingerprint density at radius 3 is 2.57 bits per heavy atom. The average Bonchev–Trinajstić information content (AvgIpc) is 2.17. The van der Waals surface area contributed by atoms with Crippen molar-refractivity contribution in [2.45, 2.75) is 39.5 Å². The van der Waals surface area contributed by atoms with Gasteiger partial charge in [0.1, 0.15) is 11.6 Å². The maximum absolute atomic E-state index is 4.98. The molecule has 0 radical (unpaired) electrons. The number of ether oxygens (including phenoxy) is 1. The Morgan fingerprint density at radius 2 is 1.93 bits per heavy atom. The molecule has 0 fully saturated rings. The minimum absolute atomic E-state index is 0.420. The van der Waals surface area contributed by atoms with Crippen molar-refractivity contribution < 1.29 is 4.74 Å². The van der Waals surface area contributed by atoms with Crippen molar-refractivity contribution in [3.05, 3.63) is 11.6 Å². The molecular weight excluding hydrogens is 178 g/mol. The van der Waals surface area contributed by atoms with E-state index < -0.39 is 0 Å². The van der Waals surface area contributed by atoms with Crippen molar-refractivity contribution in [3.63, 3.8) is 0 Å². The van der Waals surface area contributed by atoms with E-state index >= 15 is 0 Å². The van der Waals surface area contributed by atoms with E-state index in [-0.39, 0.29) is 0 Å². The highest BCUT2D eigenvalue weighted by molar-refractivity contribution is 5.00. The maximum Gasteiger partial charge on any atom is 0.319 e. The number of aromatic nitrogens is 3. The third-order valence-electron chi connectivity index (χ3n) is 1.96. The Kier molecular flexibility index (Phi) is 4.29. The smallest absolute Gasteiger partial charge is 0.319 e. The summed E-state index contributed by atoms with van der Waals surface area (Å²) in [6.07, 6.45) is 4.46. The van der Waals surface area contributed by atoms with Gasteiger partial charge in [-0.1, -0.05) is 19.8 Å². The van der Waals surface area contributed by atoms with Crippen LogP contribution in [-0.4, -0.2) is 22.1 Å². The molecule has 0 aliphatic carbocycles. The molecular formula is C10H17N3O. The molecule has 0 aliphatic heterocycles. The summed E-state index contributed by atoms with van der Waals surface area (Å²) in [6.45, 7) is 4.03. The van der Waals surface area contributed by atoms with Crippen molar-refractivity contribution >= 4 is 0 Å². The van der Waals surface area contributed by atoms with E-state index in [4.69, 9.17) is 4.74 Å². The number of unbranched alkanes of at least 4 members (excludes halogenated alkanes) is 2. The summed E-state index contributed by atoms with van der Waals surface area (Å²) in [7, 11) is 1.57. The topological polar surface area (TPSA) is 47.9 Å². The first-order chi connectivity index (χ1) is 6.76. The summed E-state index contributed by atoms with van der Waals surface area (Å²) >= 11 is 0. The van der Waals surface area contributed by atoms with Gasteiger partial charge < -0.3 is 4.74 Å². The Balaban J connectivity index is 2.62. The van der Waals surface area contributed by atoms with Gasteiger partial charge in [0.25, 0.3) is 0 Å². The summed E-state index contributed by atoms with van der Waals surface area (Å²) < 4.78 is 4.98. The highest BCUT2D eigenvalue weighted by atomic mass is 16.5. The zero-order valence-corrected chi connectivity index (χ0v) is 9.08. The standard InChI is InChI=1S/C10H17N3O/c1-4-5-6-7-9-11-8(2)12-10(13-9)14-3/h4-7H2,1-3H3. The molecule has 1 rings (SSSR count). The second-order valence-corrected chi connectivity index (χ2v) is 3.24. The molecule has 0 bridgehead atoms. The number of rotatable bonds is 5.